The minimum Gasteiger partial charge on any atom is -0.308 e. The van der Waals surface area contributed by atoms with Crippen molar-refractivity contribution in [3.8, 4) is 39.1 Å². The molecule has 0 radical (unpaired) electrons. The highest BCUT2D eigenvalue weighted by Gasteiger charge is 2.54. The van der Waals surface area contributed by atoms with Crippen molar-refractivity contribution in [2.75, 3.05) is 0 Å². The summed E-state index contributed by atoms with van der Waals surface area (Å²) in [5.74, 6) is 0. The number of hydrogen-bond acceptors (Lipinski definition) is 2. The summed E-state index contributed by atoms with van der Waals surface area (Å²) in [5, 5.41) is 1.91. The van der Waals surface area contributed by atoms with Crippen molar-refractivity contribution in [1.29, 1.82) is 0 Å². The van der Waals surface area contributed by atoms with Crippen LogP contribution in [0.25, 0.3) is 60.9 Å². The maximum Gasteiger partial charge on any atom is 0.209 e. The fourth-order valence-corrected chi connectivity index (χ4v) is 11.2. The van der Waals surface area contributed by atoms with Crippen molar-refractivity contribution in [3.05, 3.63) is 210 Å². The topological polar surface area (TPSA) is 39.1 Å². The lowest BCUT2D eigenvalue weighted by Crippen LogP contribution is -2.36. The van der Waals surface area contributed by atoms with Crippen molar-refractivity contribution in [2.45, 2.75) is 15.2 Å². The van der Waals surface area contributed by atoms with E-state index < -0.39 is 15.3 Å². The van der Waals surface area contributed by atoms with Gasteiger partial charge in [0.25, 0.3) is 0 Å². The Bertz CT molecular complexity index is 2970. The van der Waals surface area contributed by atoms with Gasteiger partial charge in [-0.3, -0.25) is 0 Å². The largest absolute Gasteiger partial charge is 0.308 e. The van der Waals surface area contributed by atoms with Gasteiger partial charge in [0.1, 0.15) is 4.90 Å². The Balaban J connectivity index is 1.33. The molecule has 0 bridgehead atoms. The van der Waals surface area contributed by atoms with Gasteiger partial charge in [0, 0.05) is 16.5 Å². The zero-order valence-corrected chi connectivity index (χ0v) is 29.4. The Labute approximate surface area is 308 Å². The number of nitrogens with zero attached hydrogens (tertiary/aromatic N) is 1. The number of aromatic nitrogens is 1. The molecule has 0 fully saturated rings. The standard InChI is InChI=1S/C49H31NO2S/c51-53(52)46-26-14-12-24-43(46)49(41-22-10-7-19-37(41)38-20-8-11-23-42(38)49)44-28-27-40-39-21-9-13-25-45(39)50(47(40)48(44)53)36-30-34(32-15-3-1-4-16-32)29-35(31-36)33-17-5-2-6-18-33/h1-31H. The van der Waals surface area contributed by atoms with Crippen molar-refractivity contribution in [3.63, 3.8) is 0 Å². The quantitative estimate of drug-likeness (QED) is 0.184. The van der Waals surface area contributed by atoms with Gasteiger partial charge in [0.2, 0.25) is 9.84 Å². The van der Waals surface area contributed by atoms with E-state index in [2.05, 4.69) is 144 Å². The minimum absolute atomic E-state index is 0.353. The zero-order chi connectivity index (χ0) is 35.3. The molecule has 2 heterocycles. The second-order valence-corrected chi connectivity index (χ2v) is 15.9. The summed E-state index contributed by atoms with van der Waals surface area (Å²) in [5.41, 5.74) is 12.1. The van der Waals surface area contributed by atoms with Gasteiger partial charge in [0.05, 0.1) is 21.3 Å². The predicted molar refractivity (Wildman–Crippen MR) is 214 cm³/mol. The van der Waals surface area contributed by atoms with Crippen molar-refractivity contribution >= 4 is 31.6 Å². The summed E-state index contributed by atoms with van der Waals surface area (Å²) in [6.45, 7) is 0. The molecule has 8 aromatic carbocycles. The second-order valence-electron chi connectivity index (χ2n) is 14.0. The van der Waals surface area contributed by atoms with E-state index in [1.807, 2.05) is 42.5 Å². The Morgan fingerprint density at radius 3 is 1.58 bits per heavy atom. The van der Waals surface area contributed by atoms with Crippen LogP contribution in [0.1, 0.15) is 22.3 Å². The van der Waals surface area contributed by atoms with Gasteiger partial charge in [-0.05, 0) is 86.0 Å². The third-order valence-electron chi connectivity index (χ3n) is 11.4. The number of benzene rings is 8. The van der Waals surface area contributed by atoms with Gasteiger partial charge in [-0.2, -0.15) is 0 Å². The van der Waals surface area contributed by atoms with E-state index in [0.717, 1.165) is 77.6 Å². The average molecular weight is 698 g/mol. The molecule has 1 aliphatic heterocycles. The molecule has 53 heavy (non-hydrogen) atoms. The average Bonchev–Trinajstić information content (AvgIpc) is 3.71. The molecule has 0 N–H and O–H groups in total. The first-order valence-electron chi connectivity index (χ1n) is 17.9. The summed E-state index contributed by atoms with van der Waals surface area (Å²) in [6.07, 6.45) is 0. The molecule has 9 aromatic rings. The van der Waals surface area contributed by atoms with E-state index in [1.165, 1.54) is 0 Å². The van der Waals surface area contributed by atoms with Crippen LogP contribution in [-0.4, -0.2) is 13.0 Å². The fourth-order valence-electron chi connectivity index (χ4n) is 9.28. The third-order valence-corrected chi connectivity index (χ3v) is 13.3. The second kappa shape index (κ2) is 11.0. The van der Waals surface area contributed by atoms with Gasteiger partial charge < -0.3 is 4.57 Å². The lowest BCUT2D eigenvalue weighted by atomic mass is 9.67. The van der Waals surface area contributed by atoms with E-state index >= 15 is 8.42 Å². The monoisotopic (exact) mass is 697 g/mol. The van der Waals surface area contributed by atoms with E-state index in [9.17, 15) is 0 Å². The van der Waals surface area contributed by atoms with Crippen molar-refractivity contribution in [1.82, 2.24) is 4.57 Å². The van der Waals surface area contributed by atoms with Crippen LogP contribution in [0.5, 0.6) is 0 Å². The number of sulfone groups is 1. The molecular formula is C49H31NO2S. The van der Waals surface area contributed by atoms with Crippen LogP contribution in [0.15, 0.2) is 198 Å². The van der Waals surface area contributed by atoms with E-state index in [0.29, 0.717) is 15.3 Å². The number of para-hydroxylation sites is 1. The Hall–Kier alpha value is -6.49. The normalized spacial score (nSPS) is 14.5. The van der Waals surface area contributed by atoms with Crippen molar-refractivity contribution in [2.24, 2.45) is 0 Å². The van der Waals surface area contributed by atoms with Crippen LogP contribution in [0.2, 0.25) is 0 Å². The molecule has 0 saturated carbocycles. The van der Waals surface area contributed by atoms with Gasteiger partial charge in [-0.25, -0.2) is 8.42 Å². The third kappa shape index (κ3) is 4.01. The van der Waals surface area contributed by atoms with Crippen LogP contribution < -0.4 is 0 Å². The molecule has 0 amide bonds. The molecule has 1 aromatic heterocycles. The molecule has 11 rings (SSSR count). The molecule has 0 unspecified atom stereocenters. The van der Waals surface area contributed by atoms with Crippen LogP contribution >= 0.6 is 0 Å². The Kier molecular flexibility index (Phi) is 6.26. The Morgan fingerprint density at radius 1 is 0.415 bits per heavy atom. The van der Waals surface area contributed by atoms with Gasteiger partial charge in [0.15, 0.2) is 0 Å². The highest BCUT2D eigenvalue weighted by molar-refractivity contribution is 7.92. The summed E-state index contributed by atoms with van der Waals surface area (Å²) >= 11 is 0. The highest BCUT2D eigenvalue weighted by Crippen LogP contribution is 2.62. The molecule has 1 spiro atoms. The maximum atomic E-state index is 15.5. The van der Waals surface area contributed by atoms with Gasteiger partial charge in [-0.1, -0.05) is 158 Å². The summed E-state index contributed by atoms with van der Waals surface area (Å²) in [7, 11) is -4.02. The van der Waals surface area contributed by atoms with E-state index in [4.69, 9.17) is 0 Å². The molecule has 0 atom stereocenters. The molecule has 0 saturated heterocycles. The molecule has 1 aliphatic carbocycles. The van der Waals surface area contributed by atoms with Crippen LogP contribution in [0.4, 0.5) is 0 Å². The van der Waals surface area contributed by atoms with Crippen LogP contribution in [0, 0.1) is 0 Å². The summed E-state index contributed by atoms with van der Waals surface area (Å²) in [4.78, 5) is 0.717. The number of hydrogen-bond donors (Lipinski definition) is 0. The minimum atomic E-state index is -4.02. The lowest BCUT2D eigenvalue weighted by Gasteiger charge is -2.40. The Morgan fingerprint density at radius 2 is 0.943 bits per heavy atom. The molecule has 250 valence electrons. The van der Waals surface area contributed by atoms with Crippen LogP contribution in [-0.2, 0) is 15.3 Å². The highest BCUT2D eigenvalue weighted by atomic mass is 32.2. The molecule has 4 heteroatoms. The molecule has 2 aliphatic rings. The number of rotatable bonds is 3. The zero-order valence-electron chi connectivity index (χ0n) is 28.6. The van der Waals surface area contributed by atoms with E-state index in [-0.39, 0.29) is 0 Å². The van der Waals surface area contributed by atoms with Gasteiger partial charge in [-0.15, -0.1) is 0 Å². The van der Waals surface area contributed by atoms with Crippen molar-refractivity contribution < 1.29 is 8.42 Å². The number of fused-ring (bicyclic) bond motifs is 13. The summed E-state index contributed by atoms with van der Waals surface area (Å²) < 4.78 is 33.2. The fraction of sp³-hybridized carbons (Fsp3) is 0.0204. The molecular weight excluding hydrogens is 667 g/mol. The predicted octanol–water partition coefficient (Wildman–Crippen LogP) is 11.6. The van der Waals surface area contributed by atoms with Gasteiger partial charge >= 0.3 is 0 Å². The smallest absolute Gasteiger partial charge is 0.209 e. The summed E-state index contributed by atoms with van der Waals surface area (Å²) in [6, 6.07) is 64.6. The lowest BCUT2D eigenvalue weighted by molar-refractivity contribution is 0.581. The maximum absolute atomic E-state index is 15.5. The van der Waals surface area contributed by atoms with Crippen LogP contribution in [0.3, 0.4) is 0 Å². The first-order chi connectivity index (χ1) is 26.1. The first-order valence-corrected chi connectivity index (χ1v) is 19.4. The first kappa shape index (κ1) is 30.2. The van der Waals surface area contributed by atoms with E-state index in [1.54, 1.807) is 6.07 Å². The molecule has 3 nitrogen and oxygen atoms in total. The SMILES string of the molecule is O=S1(=O)c2ccccc2C2(c3ccccc3-c3ccccc32)c2ccc3c4ccccc4n(-c4cc(-c5ccccc5)cc(-c5ccccc5)c4)c3c21.